The second-order valence-electron chi connectivity index (χ2n) is 8.34. The molecule has 0 saturated carbocycles. The molecule has 4 aromatic rings. The smallest absolute Gasteiger partial charge is 0.356 e. The van der Waals surface area contributed by atoms with Crippen molar-refractivity contribution in [1.82, 2.24) is 34.8 Å². The molecule has 36 heavy (non-hydrogen) atoms. The highest BCUT2D eigenvalue weighted by Crippen LogP contribution is 2.28. The van der Waals surface area contributed by atoms with E-state index in [9.17, 15) is 19.1 Å². The van der Waals surface area contributed by atoms with Crippen LogP contribution in [0.2, 0.25) is 5.02 Å². The van der Waals surface area contributed by atoms with Crippen LogP contribution < -0.4 is 5.32 Å². The second-order valence-corrected chi connectivity index (χ2v) is 8.78. The predicted molar refractivity (Wildman–Crippen MR) is 128 cm³/mol. The number of carbonyl (C=O) groups is 2. The third-order valence-corrected chi connectivity index (χ3v) is 6.16. The first-order chi connectivity index (χ1) is 17.4. The normalized spacial score (nSPS) is 15.7. The third-order valence-electron chi connectivity index (χ3n) is 5.95. The molecule has 1 atom stereocenters. The summed E-state index contributed by atoms with van der Waals surface area (Å²) in [7, 11) is 0. The molecule has 0 unspecified atom stereocenters. The second kappa shape index (κ2) is 9.82. The first-order valence-corrected chi connectivity index (χ1v) is 11.5. The van der Waals surface area contributed by atoms with Gasteiger partial charge in [0, 0.05) is 55.4 Å². The Balaban J connectivity index is 1.30. The van der Waals surface area contributed by atoms with Gasteiger partial charge in [-0.3, -0.25) is 4.79 Å². The number of carboxylic acids is 1. The summed E-state index contributed by atoms with van der Waals surface area (Å²) in [5, 5.41) is 13.5. The van der Waals surface area contributed by atoms with E-state index in [4.69, 9.17) is 11.6 Å². The van der Waals surface area contributed by atoms with Gasteiger partial charge in [-0.15, -0.1) is 0 Å². The van der Waals surface area contributed by atoms with Gasteiger partial charge in [0.15, 0.2) is 28.8 Å². The average Bonchev–Trinajstić information content (AvgIpc) is 3.31. The van der Waals surface area contributed by atoms with Gasteiger partial charge in [-0.1, -0.05) is 11.6 Å². The molecule has 0 aliphatic carbocycles. The molecule has 1 saturated heterocycles. The van der Waals surface area contributed by atoms with Crippen LogP contribution in [0.5, 0.6) is 0 Å². The predicted octanol–water partition coefficient (Wildman–Crippen LogP) is 3.26. The zero-order valence-electron chi connectivity index (χ0n) is 18.8. The first kappa shape index (κ1) is 23.5. The van der Waals surface area contributed by atoms with Crippen LogP contribution >= 0.6 is 11.6 Å². The number of aromatic nitrogens is 6. The number of amides is 1. The van der Waals surface area contributed by atoms with Gasteiger partial charge in [0.25, 0.3) is 5.91 Å². The van der Waals surface area contributed by atoms with Crippen molar-refractivity contribution in [2.24, 2.45) is 5.92 Å². The van der Waals surface area contributed by atoms with Gasteiger partial charge < -0.3 is 20.3 Å². The number of piperidine rings is 1. The Morgan fingerprint density at radius 1 is 1.19 bits per heavy atom. The summed E-state index contributed by atoms with van der Waals surface area (Å²) in [5.74, 6) is -2.09. The average molecular weight is 511 g/mol. The molecule has 13 heteroatoms. The van der Waals surface area contributed by atoms with Crippen LogP contribution in [0.3, 0.4) is 0 Å². The van der Waals surface area contributed by atoms with E-state index in [2.05, 4.69) is 35.2 Å². The molecule has 3 N–H and O–H groups in total. The maximum absolute atomic E-state index is 14.5. The Bertz CT molecular complexity index is 1460. The number of H-pyrrole nitrogens is 1. The van der Waals surface area contributed by atoms with Crippen LogP contribution in [0.15, 0.2) is 37.1 Å². The van der Waals surface area contributed by atoms with Gasteiger partial charge in [0.2, 0.25) is 0 Å². The number of fused-ring (bicyclic) bond motifs is 1. The zero-order valence-corrected chi connectivity index (χ0v) is 19.5. The number of carbonyl (C=O) groups excluding carboxylic acids is 1. The summed E-state index contributed by atoms with van der Waals surface area (Å²) in [5.41, 5.74) is 0.666. The van der Waals surface area contributed by atoms with Gasteiger partial charge in [0.1, 0.15) is 5.65 Å². The minimum atomic E-state index is -1.31. The van der Waals surface area contributed by atoms with Crippen molar-refractivity contribution < 1.29 is 19.1 Å². The summed E-state index contributed by atoms with van der Waals surface area (Å²) < 4.78 is 14.5. The maximum Gasteiger partial charge on any atom is 0.356 e. The molecule has 11 nitrogen and oxygen atoms in total. The Hall–Kier alpha value is -4.19. The van der Waals surface area contributed by atoms with E-state index in [0.29, 0.717) is 53.5 Å². The lowest BCUT2D eigenvalue weighted by Gasteiger charge is -2.32. The summed E-state index contributed by atoms with van der Waals surface area (Å²) in [6, 6.07) is 1.73. The third kappa shape index (κ3) is 4.67. The number of likely N-dealkylation sites (tertiary alicyclic amines) is 1. The molecule has 0 spiro atoms. The number of rotatable bonds is 6. The molecule has 1 aliphatic rings. The van der Waals surface area contributed by atoms with Crippen molar-refractivity contribution >= 4 is 40.3 Å². The molecule has 0 bridgehead atoms. The molecule has 1 fully saturated rings. The molecule has 4 aromatic heterocycles. The quantitative estimate of drug-likeness (QED) is 0.355. The van der Waals surface area contributed by atoms with Gasteiger partial charge in [0.05, 0.1) is 11.2 Å². The van der Waals surface area contributed by atoms with Crippen LogP contribution in [0.4, 0.5) is 10.2 Å². The minimum absolute atomic E-state index is 0.0124. The Morgan fingerprint density at radius 2 is 2.00 bits per heavy atom. The van der Waals surface area contributed by atoms with E-state index < -0.39 is 17.7 Å². The van der Waals surface area contributed by atoms with Crippen LogP contribution in [-0.2, 0) is 0 Å². The molecule has 1 aliphatic heterocycles. The fourth-order valence-electron chi connectivity index (χ4n) is 4.24. The number of hydrogen-bond acceptors (Lipinski definition) is 8. The summed E-state index contributed by atoms with van der Waals surface area (Å²) in [4.78, 5) is 49.3. The summed E-state index contributed by atoms with van der Waals surface area (Å²) in [6.45, 7) is 1.17. The van der Waals surface area contributed by atoms with Gasteiger partial charge in [-0.25, -0.2) is 34.1 Å². The molecule has 0 aromatic carbocycles. The SMILES string of the molecule is O=C(O)c1nccnc1C(=O)N1CCC[C@H](CNc2nc(-c3c[nH]c4ncc(Cl)cc34)ncc2F)C1. The topological polar surface area (TPSA) is 150 Å². The first-order valence-electron chi connectivity index (χ1n) is 11.1. The van der Waals surface area contributed by atoms with E-state index in [1.807, 2.05) is 0 Å². The van der Waals surface area contributed by atoms with Gasteiger partial charge in [-0.05, 0) is 24.8 Å². The van der Waals surface area contributed by atoms with Crippen molar-refractivity contribution in [1.29, 1.82) is 0 Å². The zero-order chi connectivity index (χ0) is 25.2. The van der Waals surface area contributed by atoms with E-state index >= 15 is 0 Å². The number of nitrogens with one attached hydrogen (secondary N) is 2. The number of nitrogens with zero attached hydrogens (tertiary/aromatic N) is 6. The molecular weight excluding hydrogens is 491 g/mol. The maximum atomic E-state index is 14.5. The highest BCUT2D eigenvalue weighted by molar-refractivity contribution is 6.31. The van der Waals surface area contributed by atoms with Crippen LogP contribution in [0.1, 0.15) is 33.8 Å². The standard InChI is InChI=1S/C23H20ClFN8O3/c24-13-6-14-15(9-30-19(14)29-8-13)20-31-10-16(25)21(32-20)28-7-12-2-1-5-33(11-12)22(34)17-18(23(35)36)27-4-3-26-17/h3-4,6,8-10,12H,1-2,5,7,11H2,(H,29,30)(H,35,36)(H,28,31,32)/t12-/m1/s1. The Kier molecular flexibility index (Phi) is 6.42. The fourth-order valence-corrected chi connectivity index (χ4v) is 4.40. The van der Waals surface area contributed by atoms with Crippen LogP contribution in [-0.4, -0.2) is 71.4 Å². The number of pyridine rings is 1. The minimum Gasteiger partial charge on any atom is -0.476 e. The lowest BCUT2D eigenvalue weighted by Crippen LogP contribution is -2.42. The monoisotopic (exact) mass is 510 g/mol. The Morgan fingerprint density at radius 3 is 2.81 bits per heavy atom. The molecule has 0 radical (unpaired) electrons. The van der Waals surface area contributed by atoms with E-state index in [-0.39, 0.29) is 23.1 Å². The van der Waals surface area contributed by atoms with Gasteiger partial charge >= 0.3 is 5.97 Å². The highest BCUT2D eigenvalue weighted by Gasteiger charge is 2.29. The van der Waals surface area contributed by atoms with Gasteiger partial charge in [-0.2, -0.15) is 0 Å². The summed E-state index contributed by atoms with van der Waals surface area (Å²) >= 11 is 6.07. The summed E-state index contributed by atoms with van der Waals surface area (Å²) in [6.07, 6.45) is 8.34. The van der Waals surface area contributed by atoms with E-state index in [1.54, 1.807) is 17.2 Å². The van der Waals surface area contributed by atoms with Crippen LogP contribution in [0.25, 0.3) is 22.4 Å². The van der Waals surface area contributed by atoms with Crippen molar-refractivity contribution in [3.05, 3.63) is 59.3 Å². The molecule has 184 valence electrons. The van der Waals surface area contributed by atoms with E-state index in [1.165, 1.54) is 18.6 Å². The number of anilines is 1. The molecule has 1 amide bonds. The Labute approximate surface area is 208 Å². The fraction of sp³-hybridized carbons (Fsp3) is 0.261. The number of hydrogen-bond donors (Lipinski definition) is 3. The largest absolute Gasteiger partial charge is 0.476 e. The van der Waals surface area contributed by atoms with Crippen molar-refractivity contribution in [2.75, 3.05) is 25.0 Å². The van der Waals surface area contributed by atoms with E-state index in [0.717, 1.165) is 12.6 Å². The molecule has 5 heterocycles. The van der Waals surface area contributed by atoms with Crippen molar-refractivity contribution in [3.63, 3.8) is 0 Å². The van der Waals surface area contributed by atoms with Crippen molar-refractivity contribution in [3.8, 4) is 11.4 Å². The number of halogens is 2. The lowest BCUT2D eigenvalue weighted by atomic mass is 9.97. The van der Waals surface area contributed by atoms with Crippen LogP contribution in [0, 0.1) is 11.7 Å². The lowest BCUT2D eigenvalue weighted by molar-refractivity contribution is 0.0635. The van der Waals surface area contributed by atoms with Crippen molar-refractivity contribution in [2.45, 2.75) is 12.8 Å². The number of aromatic carboxylic acids is 1. The number of carboxylic acid groups (broad SMARTS) is 1. The molecular formula is C23H20ClFN8O3. The molecule has 5 rings (SSSR count). The highest BCUT2D eigenvalue weighted by atomic mass is 35.5. The number of aromatic amines is 1.